The zero-order valence-corrected chi connectivity index (χ0v) is 21.4. The summed E-state index contributed by atoms with van der Waals surface area (Å²) < 4.78 is 30.1. The summed E-state index contributed by atoms with van der Waals surface area (Å²) in [6.45, 7) is 12.0. The predicted molar refractivity (Wildman–Crippen MR) is 137 cm³/mol. The zero-order valence-electron chi connectivity index (χ0n) is 21.4. The lowest BCUT2D eigenvalue weighted by molar-refractivity contribution is -0.0499. The lowest BCUT2D eigenvalue weighted by atomic mass is 9.96. The van der Waals surface area contributed by atoms with Crippen LogP contribution in [0.3, 0.4) is 0 Å². The Morgan fingerprint density at radius 3 is 2.24 bits per heavy atom. The number of rotatable bonds is 5. The third-order valence-electron chi connectivity index (χ3n) is 4.92. The van der Waals surface area contributed by atoms with Crippen molar-refractivity contribution >= 4 is 11.4 Å². The molecule has 0 unspecified atom stereocenters. The van der Waals surface area contributed by atoms with Crippen LogP contribution in [-0.4, -0.2) is 23.9 Å². The van der Waals surface area contributed by atoms with Crippen LogP contribution in [0.25, 0.3) is 5.70 Å². The summed E-state index contributed by atoms with van der Waals surface area (Å²) >= 11 is 0. The standard InChI is InChI=1S/C17H12F2N4O.C6H14.2C2H6/c18-17(19)24-15-7-10(8-20)1-2-12(15)16-11-3-5-22-9-13(11)14(21)4-6-23-16;1-4-6(3)5-2;2*1-2/h1-5,7,9,17H,6,21H2;6H,4-5H2,1-3H3;2*1-2H3. The Morgan fingerprint density at radius 2 is 1.71 bits per heavy atom. The van der Waals surface area contributed by atoms with Crippen LogP contribution in [0.2, 0.25) is 0 Å². The van der Waals surface area contributed by atoms with E-state index in [1.807, 2.05) is 33.8 Å². The van der Waals surface area contributed by atoms with Gasteiger partial charge in [-0.3, -0.25) is 9.98 Å². The maximum atomic E-state index is 12.8. The van der Waals surface area contributed by atoms with Crippen LogP contribution in [0.5, 0.6) is 5.75 Å². The first-order chi connectivity index (χ1) is 16.4. The van der Waals surface area contributed by atoms with Crippen LogP contribution in [0, 0.1) is 17.2 Å². The van der Waals surface area contributed by atoms with E-state index in [0.717, 1.165) is 5.92 Å². The first-order valence-corrected chi connectivity index (χ1v) is 11.8. The predicted octanol–water partition coefficient (Wildman–Crippen LogP) is 7.20. The molecule has 1 aromatic carbocycles. The average molecular weight is 473 g/mol. The topological polar surface area (TPSA) is 84.3 Å². The van der Waals surface area contributed by atoms with Crippen molar-refractivity contribution in [1.29, 1.82) is 5.26 Å². The highest BCUT2D eigenvalue weighted by Gasteiger charge is 2.20. The Kier molecular flexibility index (Phi) is 15.6. The number of benzene rings is 1. The average Bonchev–Trinajstić information content (AvgIpc) is 3.04. The van der Waals surface area contributed by atoms with Crippen molar-refractivity contribution in [2.45, 2.75) is 67.9 Å². The molecule has 0 radical (unpaired) electrons. The van der Waals surface area contributed by atoms with E-state index in [1.165, 1.54) is 25.0 Å². The minimum absolute atomic E-state index is 0.106. The number of nitrogens with two attached hydrogens (primary N) is 1. The number of alkyl halides is 2. The Hall–Kier alpha value is -3.27. The minimum atomic E-state index is -3.01. The Labute approximate surface area is 203 Å². The largest absolute Gasteiger partial charge is 0.434 e. The van der Waals surface area contributed by atoms with Crippen molar-refractivity contribution in [3.05, 3.63) is 65.0 Å². The molecule has 0 fully saturated rings. The molecule has 0 bridgehead atoms. The van der Waals surface area contributed by atoms with E-state index < -0.39 is 6.61 Å². The van der Waals surface area contributed by atoms with Crippen LogP contribution in [-0.2, 0) is 0 Å². The molecule has 7 heteroatoms. The van der Waals surface area contributed by atoms with Crippen molar-refractivity contribution in [3.63, 3.8) is 0 Å². The van der Waals surface area contributed by atoms with Crippen LogP contribution < -0.4 is 10.5 Å². The summed E-state index contributed by atoms with van der Waals surface area (Å²) in [6.07, 6.45) is 7.56. The summed E-state index contributed by atoms with van der Waals surface area (Å²) in [5.41, 5.74) is 8.90. The van der Waals surface area contributed by atoms with Gasteiger partial charge >= 0.3 is 6.61 Å². The number of nitrogens with zero attached hydrogens (tertiary/aromatic N) is 3. The van der Waals surface area contributed by atoms with Gasteiger partial charge in [-0.15, -0.1) is 0 Å². The maximum absolute atomic E-state index is 12.8. The van der Waals surface area contributed by atoms with E-state index in [9.17, 15) is 8.78 Å². The second-order valence-electron chi connectivity index (χ2n) is 6.89. The van der Waals surface area contributed by atoms with E-state index >= 15 is 0 Å². The Balaban J connectivity index is 0.000000938. The maximum Gasteiger partial charge on any atom is 0.387 e. The van der Waals surface area contributed by atoms with Crippen molar-refractivity contribution in [2.75, 3.05) is 6.54 Å². The van der Waals surface area contributed by atoms with Crippen molar-refractivity contribution in [3.8, 4) is 11.8 Å². The molecule has 186 valence electrons. The summed E-state index contributed by atoms with van der Waals surface area (Å²) in [5.74, 6) is 0.830. The number of pyridine rings is 1. The third kappa shape index (κ3) is 9.30. The van der Waals surface area contributed by atoms with Crippen LogP contribution >= 0.6 is 0 Å². The highest BCUT2D eigenvalue weighted by molar-refractivity contribution is 6.17. The first kappa shape index (κ1) is 30.7. The molecule has 0 spiro atoms. The van der Waals surface area contributed by atoms with E-state index in [1.54, 1.807) is 30.6 Å². The Morgan fingerprint density at radius 1 is 1.06 bits per heavy atom. The lowest BCUT2D eigenvalue weighted by Gasteiger charge is -2.14. The van der Waals surface area contributed by atoms with Crippen LogP contribution in [0.4, 0.5) is 8.78 Å². The van der Waals surface area contributed by atoms with Gasteiger partial charge in [0.15, 0.2) is 0 Å². The number of aliphatic imine (C=N–C) groups is 1. The quantitative estimate of drug-likeness (QED) is 0.499. The molecule has 34 heavy (non-hydrogen) atoms. The van der Waals surface area contributed by atoms with Gasteiger partial charge in [-0.1, -0.05) is 61.3 Å². The van der Waals surface area contributed by atoms with Crippen LogP contribution in [0.1, 0.15) is 83.6 Å². The highest BCUT2D eigenvalue weighted by Crippen LogP contribution is 2.29. The molecule has 0 atom stereocenters. The number of aromatic nitrogens is 1. The molecule has 1 aromatic heterocycles. The van der Waals surface area contributed by atoms with Gasteiger partial charge in [0, 0.05) is 34.8 Å². The van der Waals surface area contributed by atoms with Crippen LogP contribution in [0.15, 0.2) is 47.7 Å². The highest BCUT2D eigenvalue weighted by atomic mass is 19.3. The second-order valence-corrected chi connectivity index (χ2v) is 6.89. The first-order valence-electron chi connectivity index (χ1n) is 11.8. The number of fused-ring (bicyclic) bond motifs is 1. The molecule has 0 amide bonds. The van der Waals surface area contributed by atoms with E-state index in [2.05, 4.69) is 35.5 Å². The van der Waals surface area contributed by atoms with Gasteiger partial charge in [0.05, 0.1) is 23.9 Å². The number of hydrogen-bond donors (Lipinski definition) is 1. The van der Waals surface area contributed by atoms with Crippen molar-refractivity contribution in [2.24, 2.45) is 16.6 Å². The smallest absolute Gasteiger partial charge is 0.387 e. The van der Waals surface area contributed by atoms with Gasteiger partial charge in [0.2, 0.25) is 0 Å². The fraction of sp³-hybridized carbons (Fsp3) is 0.444. The molecule has 0 aliphatic carbocycles. The molecule has 1 aliphatic rings. The molecule has 2 aromatic rings. The Bertz CT molecular complexity index is 961. The minimum Gasteiger partial charge on any atom is -0.434 e. The van der Waals surface area contributed by atoms with E-state index in [0.29, 0.717) is 34.6 Å². The fourth-order valence-electron chi connectivity index (χ4n) is 2.76. The number of halogens is 2. The van der Waals surface area contributed by atoms with Crippen molar-refractivity contribution < 1.29 is 13.5 Å². The molecule has 0 saturated heterocycles. The molecular formula is C27H38F2N4O. The summed E-state index contributed by atoms with van der Waals surface area (Å²) in [6, 6.07) is 7.96. The molecule has 5 nitrogen and oxygen atoms in total. The van der Waals surface area contributed by atoms with E-state index in [-0.39, 0.29) is 11.3 Å². The molecular weight excluding hydrogens is 434 g/mol. The van der Waals surface area contributed by atoms with Crippen molar-refractivity contribution in [1.82, 2.24) is 4.98 Å². The third-order valence-corrected chi connectivity index (χ3v) is 4.92. The SMILES string of the molecule is CC.CC.CCC(C)CC.N#Cc1ccc(C2=NCC=C(N)c3cnccc32)c(OC(F)F)c1. The van der Waals surface area contributed by atoms with Gasteiger partial charge in [-0.2, -0.15) is 14.0 Å². The van der Waals surface area contributed by atoms with Gasteiger partial charge < -0.3 is 10.5 Å². The van der Waals surface area contributed by atoms with Gasteiger partial charge in [-0.05, 0) is 36.3 Å². The van der Waals surface area contributed by atoms with Gasteiger partial charge in [0.1, 0.15) is 5.75 Å². The molecule has 1 aliphatic heterocycles. The molecule has 2 heterocycles. The summed E-state index contributed by atoms with van der Waals surface area (Å²) in [4.78, 5) is 8.48. The number of ether oxygens (including phenoxy) is 1. The molecule has 2 N–H and O–H groups in total. The zero-order chi connectivity index (χ0) is 26.1. The van der Waals surface area contributed by atoms with Gasteiger partial charge in [-0.25, -0.2) is 0 Å². The monoisotopic (exact) mass is 472 g/mol. The summed E-state index contributed by atoms with van der Waals surface area (Å²) in [5, 5.41) is 8.98. The molecule has 0 saturated carbocycles. The lowest BCUT2D eigenvalue weighted by Crippen LogP contribution is -2.12. The van der Waals surface area contributed by atoms with E-state index in [4.69, 9.17) is 11.0 Å². The normalized spacial score (nSPS) is 11.6. The summed E-state index contributed by atoms with van der Waals surface area (Å²) in [7, 11) is 0. The fourth-order valence-corrected chi connectivity index (χ4v) is 2.76. The van der Waals surface area contributed by atoms with Gasteiger partial charge in [0.25, 0.3) is 0 Å². The molecule has 3 rings (SSSR count). The second kappa shape index (κ2) is 17.2. The number of nitriles is 1. The number of hydrogen-bond acceptors (Lipinski definition) is 5.